The molecule has 1 aliphatic carbocycles. The monoisotopic (exact) mass is 267 g/mol. The van der Waals surface area contributed by atoms with Gasteiger partial charge in [0.25, 0.3) is 5.91 Å². The van der Waals surface area contributed by atoms with Crippen LogP contribution < -0.4 is 10.3 Å². The van der Waals surface area contributed by atoms with Gasteiger partial charge in [0.15, 0.2) is 5.75 Å². The summed E-state index contributed by atoms with van der Waals surface area (Å²) in [7, 11) is 0. The summed E-state index contributed by atoms with van der Waals surface area (Å²) in [6.45, 7) is 0. The van der Waals surface area contributed by atoms with Crippen molar-refractivity contribution in [1.29, 1.82) is 0 Å². The number of hydroxylamine groups is 1. The van der Waals surface area contributed by atoms with Crippen LogP contribution in [-0.2, 0) is 4.79 Å². The van der Waals surface area contributed by atoms with E-state index in [1.807, 2.05) is 18.2 Å². The second kappa shape index (κ2) is 3.23. The van der Waals surface area contributed by atoms with Crippen LogP contribution >= 0.6 is 15.9 Å². The highest BCUT2D eigenvalue weighted by molar-refractivity contribution is 9.10. The fourth-order valence-corrected chi connectivity index (χ4v) is 2.44. The highest BCUT2D eigenvalue weighted by Gasteiger charge is 2.41. The fourth-order valence-electron chi connectivity index (χ4n) is 2.06. The van der Waals surface area contributed by atoms with Crippen molar-refractivity contribution < 1.29 is 9.63 Å². The zero-order chi connectivity index (χ0) is 10.4. The van der Waals surface area contributed by atoms with Gasteiger partial charge in [0.05, 0.1) is 5.92 Å². The molecule has 1 N–H and O–H groups in total. The van der Waals surface area contributed by atoms with Crippen molar-refractivity contribution in [3.63, 3.8) is 0 Å². The number of nitrogens with one attached hydrogen (secondary N) is 1. The fraction of sp³-hybridized carbons (Fsp3) is 0.364. The molecule has 0 radical (unpaired) electrons. The number of hydrogen-bond acceptors (Lipinski definition) is 2. The quantitative estimate of drug-likeness (QED) is 0.849. The Morgan fingerprint density at radius 3 is 2.93 bits per heavy atom. The van der Waals surface area contributed by atoms with E-state index in [-0.39, 0.29) is 11.8 Å². The van der Waals surface area contributed by atoms with E-state index in [1.54, 1.807) is 0 Å². The molecule has 1 amide bonds. The van der Waals surface area contributed by atoms with Crippen LogP contribution in [0, 0.1) is 5.92 Å². The Labute approximate surface area is 95.9 Å². The average Bonchev–Trinajstić information content (AvgIpc) is 3.01. The molecule has 1 fully saturated rings. The predicted molar refractivity (Wildman–Crippen MR) is 58.4 cm³/mol. The van der Waals surface area contributed by atoms with Crippen molar-refractivity contribution in [2.24, 2.45) is 5.92 Å². The molecule has 0 bridgehead atoms. The minimum Gasteiger partial charge on any atom is -0.379 e. The van der Waals surface area contributed by atoms with Crippen molar-refractivity contribution in [1.82, 2.24) is 5.48 Å². The van der Waals surface area contributed by atoms with Crippen molar-refractivity contribution in [2.75, 3.05) is 0 Å². The molecule has 3 nitrogen and oxygen atoms in total. The topological polar surface area (TPSA) is 38.3 Å². The van der Waals surface area contributed by atoms with Gasteiger partial charge in [-0.25, -0.2) is 0 Å². The number of benzene rings is 1. The summed E-state index contributed by atoms with van der Waals surface area (Å²) in [5.74, 6) is 1.24. The number of fused-ring (bicyclic) bond motifs is 1. The first-order valence-corrected chi connectivity index (χ1v) is 5.81. The third-order valence-electron chi connectivity index (χ3n) is 2.94. The standard InChI is InChI=1S/C11H10BrNO2/c12-7-3-4-9-8(5-7)10(6-1-2-6)11(14)13-15-9/h3-6,10H,1-2H2,(H,13,14). The van der Waals surface area contributed by atoms with Crippen molar-refractivity contribution in [3.8, 4) is 5.75 Å². The number of carbonyl (C=O) groups is 1. The molecule has 4 heteroatoms. The molecule has 15 heavy (non-hydrogen) atoms. The van der Waals surface area contributed by atoms with Crippen LogP contribution in [0.25, 0.3) is 0 Å². The Morgan fingerprint density at radius 1 is 1.40 bits per heavy atom. The molecule has 1 unspecified atom stereocenters. The summed E-state index contributed by atoms with van der Waals surface area (Å²) in [5.41, 5.74) is 3.48. The lowest BCUT2D eigenvalue weighted by molar-refractivity contribution is -0.131. The molecule has 1 heterocycles. The molecule has 2 aliphatic rings. The second-order valence-corrected chi connectivity index (χ2v) is 4.98. The number of amides is 1. The van der Waals surface area contributed by atoms with E-state index in [0.29, 0.717) is 5.92 Å². The SMILES string of the molecule is O=C1NOc2ccc(Br)cc2C1C1CC1. The normalized spacial score (nSPS) is 24.1. The first kappa shape index (κ1) is 9.21. The summed E-state index contributed by atoms with van der Waals surface area (Å²) >= 11 is 3.42. The largest absolute Gasteiger partial charge is 0.379 e. The Morgan fingerprint density at radius 2 is 2.20 bits per heavy atom. The van der Waals surface area contributed by atoms with E-state index in [2.05, 4.69) is 21.4 Å². The molecule has 1 aromatic carbocycles. The van der Waals surface area contributed by atoms with Crippen LogP contribution in [0.3, 0.4) is 0 Å². The first-order valence-electron chi connectivity index (χ1n) is 5.02. The Hall–Kier alpha value is -1.03. The maximum atomic E-state index is 11.7. The van der Waals surface area contributed by atoms with Crippen molar-refractivity contribution in [2.45, 2.75) is 18.8 Å². The lowest BCUT2D eigenvalue weighted by Gasteiger charge is -2.24. The highest BCUT2D eigenvalue weighted by Crippen LogP contribution is 2.47. The molecule has 3 rings (SSSR count). The summed E-state index contributed by atoms with van der Waals surface area (Å²) < 4.78 is 0.991. The van der Waals surface area contributed by atoms with Crippen LogP contribution in [0.4, 0.5) is 0 Å². The summed E-state index contributed by atoms with van der Waals surface area (Å²) in [6, 6.07) is 5.78. The minimum atomic E-state index is -0.0220. The van der Waals surface area contributed by atoms with Crippen molar-refractivity contribution in [3.05, 3.63) is 28.2 Å². The molecule has 0 aromatic heterocycles. The Kier molecular flexibility index (Phi) is 1.99. The van der Waals surface area contributed by atoms with E-state index in [1.165, 1.54) is 0 Å². The number of halogens is 1. The number of carbonyl (C=O) groups excluding carboxylic acids is 1. The molecule has 1 aromatic rings. The third kappa shape index (κ3) is 1.53. The smallest absolute Gasteiger partial charge is 0.260 e. The van der Waals surface area contributed by atoms with Gasteiger partial charge in [-0.3, -0.25) is 4.79 Å². The van der Waals surface area contributed by atoms with Crippen LogP contribution in [0.2, 0.25) is 0 Å². The van der Waals surface area contributed by atoms with Crippen LogP contribution in [0.1, 0.15) is 24.3 Å². The van der Waals surface area contributed by atoms with Crippen LogP contribution in [-0.4, -0.2) is 5.91 Å². The molecule has 78 valence electrons. The molecule has 0 spiro atoms. The van der Waals surface area contributed by atoms with E-state index in [9.17, 15) is 4.79 Å². The summed E-state index contributed by atoms with van der Waals surface area (Å²) in [5, 5.41) is 0. The lowest BCUT2D eigenvalue weighted by Crippen LogP contribution is -2.37. The molecular formula is C11H10BrNO2. The van der Waals surface area contributed by atoms with Gasteiger partial charge < -0.3 is 4.84 Å². The molecule has 0 saturated heterocycles. The van der Waals surface area contributed by atoms with Gasteiger partial charge in [-0.05, 0) is 37.0 Å². The summed E-state index contributed by atoms with van der Waals surface area (Å²) in [6.07, 6.45) is 2.29. The van der Waals surface area contributed by atoms with Gasteiger partial charge in [0.1, 0.15) is 0 Å². The minimum absolute atomic E-state index is 0.0110. The average molecular weight is 268 g/mol. The molecule has 1 atom stereocenters. The Balaban J connectivity index is 2.08. The zero-order valence-electron chi connectivity index (χ0n) is 8.00. The second-order valence-electron chi connectivity index (χ2n) is 4.07. The van der Waals surface area contributed by atoms with Gasteiger partial charge in [0.2, 0.25) is 0 Å². The maximum Gasteiger partial charge on any atom is 0.260 e. The predicted octanol–water partition coefficient (Wildman–Crippen LogP) is 2.37. The van der Waals surface area contributed by atoms with Crippen LogP contribution in [0.5, 0.6) is 5.75 Å². The lowest BCUT2D eigenvalue weighted by atomic mass is 9.92. The number of rotatable bonds is 1. The van der Waals surface area contributed by atoms with Gasteiger partial charge in [-0.1, -0.05) is 15.9 Å². The van der Waals surface area contributed by atoms with Gasteiger partial charge in [-0.15, -0.1) is 0 Å². The van der Waals surface area contributed by atoms with Crippen LogP contribution in [0.15, 0.2) is 22.7 Å². The highest BCUT2D eigenvalue weighted by atomic mass is 79.9. The third-order valence-corrected chi connectivity index (χ3v) is 3.44. The maximum absolute atomic E-state index is 11.7. The zero-order valence-corrected chi connectivity index (χ0v) is 9.58. The van der Waals surface area contributed by atoms with E-state index >= 15 is 0 Å². The molecular weight excluding hydrogens is 258 g/mol. The first-order chi connectivity index (χ1) is 7.25. The van der Waals surface area contributed by atoms with E-state index in [0.717, 1.165) is 28.6 Å². The van der Waals surface area contributed by atoms with Gasteiger partial charge >= 0.3 is 0 Å². The summed E-state index contributed by atoms with van der Waals surface area (Å²) in [4.78, 5) is 16.9. The van der Waals surface area contributed by atoms with E-state index in [4.69, 9.17) is 4.84 Å². The molecule has 1 saturated carbocycles. The molecule has 1 aliphatic heterocycles. The van der Waals surface area contributed by atoms with Gasteiger partial charge in [-0.2, -0.15) is 5.48 Å². The van der Waals surface area contributed by atoms with E-state index < -0.39 is 0 Å². The van der Waals surface area contributed by atoms with Gasteiger partial charge in [0, 0.05) is 10.0 Å². The number of hydrogen-bond donors (Lipinski definition) is 1. The Bertz CT molecular complexity index is 429. The van der Waals surface area contributed by atoms with Crippen molar-refractivity contribution >= 4 is 21.8 Å².